The Hall–Kier alpha value is -1.31. The van der Waals surface area contributed by atoms with Crippen molar-refractivity contribution in [2.45, 2.75) is 32.2 Å². The maximum atomic E-state index is 12.1. The van der Waals surface area contributed by atoms with Gasteiger partial charge in [-0.1, -0.05) is 6.42 Å². The van der Waals surface area contributed by atoms with E-state index in [-0.39, 0.29) is 42.0 Å². The summed E-state index contributed by atoms with van der Waals surface area (Å²) in [6, 6.07) is -0.643. The number of hydrogen-bond acceptors (Lipinski definition) is 4. The first-order valence-electron chi connectivity index (χ1n) is 7.28. The van der Waals surface area contributed by atoms with Crippen molar-refractivity contribution in [2.75, 3.05) is 24.6 Å². The number of nitrogens with zero attached hydrogens (tertiary/aromatic N) is 1. The average Bonchev–Trinajstić information content (AvgIpc) is 2.83. The Kier molecular flexibility index (Phi) is 4.75. The Balaban J connectivity index is 1.86. The number of carboxylic acids is 1. The van der Waals surface area contributed by atoms with Crippen LogP contribution in [0.3, 0.4) is 0 Å². The van der Waals surface area contributed by atoms with Gasteiger partial charge in [-0.15, -0.1) is 0 Å². The summed E-state index contributed by atoms with van der Waals surface area (Å²) in [6.45, 7) is 2.25. The summed E-state index contributed by atoms with van der Waals surface area (Å²) in [5, 5.41) is 11.9. The van der Waals surface area contributed by atoms with Gasteiger partial charge in [0.15, 0.2) is 9.84 Å². The van der Waals surface area contributed by atoms with Gasteiger partial charge >= 0.3 is 12.0 Å². The number of carbonyl (C=O) groups is 2. The molecule has 1 aliphatic carbocycles. The van der Waals surface area contributed by atoms with Gasteiger partial charge in [0.05, 0.1) is 17.4 Å². The smallest absolute Gasteiger partial charge is 0.317 e. The van der Waals surface area contributed by atoms with Crippen LogP contribution in [0.4, 0.5) is 4.79 Å². The molecule has 0 aromatic heterocycles. The van der Waals surface area contributed by atoms with Crippen molar-refractivity contribution in [3.05, 3.63) is 0 Å². The quantitative estimate of drug-likeness (QED) is 0.780. The van der Waals surface area contributed by atoms with E-state index in [4.69, 9.17) is 5.11 Å². The van der Waals surface area contributed by atoms with Crippen LogP contribution in [0.25, 0.3) is 0 Å². The SMILES string of the molecule is CC1CS(=O)(=O)CCN1C(=O)NCC1CCCC1C(=O)O. The molecular formula is C13H22N2O5S. The second kappa shape index (κ2) is 6.21. The highest BCUT2D eigenvalue weighted by molar-refractivity contribution is 7.91. The molecule has 8 heteroatoms. The Bertz CT molecular complexity index is 519. The monoisotopic (exact) mass is 318 g/mol. The van der Waals surface area contributed by atoms with Gasteiger partial charge in [-0.25, -0.2) is 13.2 Å². The first kappa shape index (κ1) is 16.1. The first-order chi connectivity index (χ1) is 9.80. The van der Waals surface area contributed by atoms with E-state index in [0.717, 1.165) is 12.8 Å². The molecule has 7 nitrogen and oxygen atoms in total. The van der Waals surface area contributed by atoms with Crippen molar-refractivity contribution in [1.29, 1.82) is 0 Å². The number of sulfone groups is 1. The summed E-state index contributed by atoms with van der Waals surface area (Å²) in [5.41, 5.74) is 0. The van der Waals surface area contributed by atoms with Crippen molar-refractivity contribution in [3.63, 3.8) is 0 Å². The molecule has 1 aliphatic heterocycles. The topological polar surface area (TPSA) is 104 Å². The predicted molar refractivity (Wildman–Crippen MR) is 76.7 cm³/mol. The number of nitrogens with one attached hydrogen (secondary N) is 1. The maximum Gasteiger partial charge on any atom is 0.317 e. The lowest BCUT2D eigenvalue weighted by Crippen LogP contribution is -2.53. The minimum Gasteiger partial charge on any atom is -0.481 e. The largest absolute Gasteiger partial charge is 0.481 e. The number of hydrogen-bond donors (Lipinski definition) is 2. The van der Waals surface area contributed by atoms with Crippen molar-refractivity contribution in [2.24, 2.45) is 11.8 Å². The van der Waals surface area contributed by atoms with E-state index >= 15 is 0 Å². The van der Waals surface area contributed by atoms with Crippen LogP contribution < -0.4 is 5.32 Å². The number of carboxylic acid groups (broad SMARTS) is 1. The molecule has 3 unspecified atom stereocenters. The van der Waals surface area contributed by atoms with Crippen molar-refractivity contribution in [3.8, 4) is 0 Å². The fourth-order valence-electron chi connectivity index (χ4n) is 3.23. The van der Waals surface area contributed by atoms with Crippen LogP contribution in [0.1, 0.15) is 26.2 Å². The molecule has 2 rings (SSSR count). The zero-order valence-corrected chi connectivity index (χ0v) is 12.9. The molecule has 0 bridgehead atoms. The third-order valence-corrected chi connectivity index (χ3v) is 6.22. The van der Waals surface area contributed by atoms with Crippen LogP contribution in [0.2, 0.25) is 0 Å². The van der Waals surface area contributed by atoms with Crippen LogP contribution in [0, 0.1) is 11.8 Å². The number of aliphatic carboxylic acids is 1. The molecule has 0 spiro atoms. The van der Waals surface area contributed by atoms with E-state index in [0.29, 0.717) is 13.0 Å². The van der Waals surface area contributed by atoms with E-state index in [1.165, 1.54) is 4.90 Å². The van der Waals surface area contributed by atoms with Gasteiger partial charge in [0, 0.05) is 19.1 Å². The minimum atomic E-state index is -3.05. The van der Waals surface area contributed by atoms with Gasteiger partial charge in [-0.3, -0.25) is 4.79 Å². The summed E-state index contributed by atoms with van der Waals surface area (Å²) in [7, 11) is -3.05. The number of amides is 2. The van der Waals surface area contributed by atoms with E-state index in [1.54, 1.807) is 6.92 Å². The second-order valence-corrected chi connectivity index (χ2v) is 8.21. The number of urea groups is 1. The molecule has 2 amide bonds. The summed E-state index contributed by atoms with van der Waals surface area (Å²) < 4.78 is 23.0. The van der Waals surface area contributed by atoms with Gasteiger partial charge in [0.2, 0.25) is 0 Å². The Labute approximate surface area is 124 Å². The van der Waals surface area contributed by atoms with Gasteiger partial charge in [0.25, 0.3) is 0 Å². The Morgan fingerprint density at radius 2 is 2.05 bits per heavy atom. The van der Waals surface area contributed by atoms with Crippen molar-refractivity contribution >= 4 is 21.8 Å². The number of rotatable bonds is 3. The summed E-state index contributed by atoms with van der Waals surface area (Å²) in [6.07, 6.45) is 2.34. The number of carbonyl (C=O) groups excluding carboxylic acids is 1. The molecule has 3 atom stereocenters. The molecule has 1 saturated heterocycles. The molecule has 0 aromatic rings. The zero-order valence-electron chi connectivity index (χ0n) is 12.1. The molecule has 120 valence electrons. The Morgan fingerprint density at radius 1 is 1.33 bits per heavy atom. The lowest BCUT2D eigenvalue weighted by atomic mass is 9.96. The predicted octanol–water partition coefficient (Wildman–Crippen LogP) is 0.316. The third kappa shape index (κ3) is 3.87. The van der Waals surface area contributed by atoms with Crippen LogP contribution >= 0.6 is 0 Å². The highest BCUT2D eigenvalue weighted by Gasteiger charge is 2.35. The molecule has 0 aromatic carbocycles. The lowest BCUT2D eigenvalue weighted by molar-refractivity contribution is -0.142. The van der Waals surface area contributed by atoms with Crippen LogP contribution in [-0.4, -0.2) is 61.1 Å². The normalized spacial score (nSPS) is 31.9. The molecule has 2 fully saturated rings. The van der Waals surface area contributed by atoms with Crippen LogP contribution in [-0.2, 0) is 14.6 Å². The fraction of sp³-hybridized carbons (Fsp3) is 0.846. The van der Waals surface area contributed by atoms with E-state index in [1.807, 2.05) is 0 Å². The summed E-state index contributed by atoms with van der Waals surface area (Å²) >= 11 is 0. The van der Waals surface area contributed by atoms with E-state index < -0.39 is 15.8 Å². The lowest BCUT2D eigenvalue weighted by Gasteiger charge is -2.33. The highest BCUT2D eigenvalue weighted by atomic mass is 32.2. The van der Waals surface area contributed by atoms with Crippen LogP contribution in [0.15, 0.2) is 0 Å². The van der Waals surface area contributed by atoms with Crippen molar-refractivity contribution < 1.29 is 23.1 Å². The second-order valence-electron chi connectivity index (χ2n) is 5.98. The van der Waals surface area contributed by atoms with E-state index in [2.05, 4.69) is 5.32 Å². The Morgan fingerprint density at radius 3 is 2.67 bits per heavy atom. The van der Waals surface area contributed by atoms with Crippen LogP contribution in [0.5, 0.6) is 0 Å². The van der Waals surface area contributed by atoms with Gasteiger partial charge in [-0.2, -0.15) is 0 Å². The minimum absolute atomic E-state index is 0.00800. The molecule has 0 radical (unpaired) electrons. The van der Waals surface area contributed by atoms with E-state index in [9.17, 15) is 18.0 Å². The van der Waals surface area contributed by atoms with Gasteiger partial charge in [0.1, 0.15) is 0 Å². The third-order valence-electron chi connectivity index (χ3n) is 4.42. The zero-order chi connectivity index (χ0) is 15.6. The standard InChI is InChI=1S/C13H22N2O5S/c1-9-8-21(19,20)6-5-15(9)13(18)14-7-10-3-2-4-11(10)12(16)17/h9-11H,2-8H2,1H3,(H,14,18)(H,16,17). The molecular weight excluding hydrogens is 296 g/mol. The van der Waals surface area contributed by atoms with Crippen molar-refractivity contribution in [1.82, 2.24) is 10.2 Å². The summed E-state index contributed by atoms with van der Waals surface area (Å²) in [5.74, 6) is -1.24. The molecule has 1 heterocycles. The summed E-state index contributed by atoms with van der Waals surface area (Å²) in [4.78, 5) is 24.7. The van der Waals surface area contributed by atoms with Gasteiger partial charge < -0.3 is 15.3 Å². The molecule has 21 heavy (non-hydrogen) atoms. The highest BCUT2D eigenvalue weighted by Crippen LogP contribution is 2.31. The molecule has 2 N–H and O–H groups in total. The fourth-order valence-corrected chi connectivity index (χ4v) is 4.78. The average molecular weight is 318 g/mol. The molecule has 1 saturated carbocycles. The maximum absolute atomic E-state index is 12.1. The first-order valence-corrected chi connectivity index (χ1v) is 9.10. The van der Waals surface area contributed by atoms with Gasteiger partial charge in [-0.05, 0) is 25.7 Å². The molecule has 2 aliphatic rings.